The van der Waals surface area contributed by atoms with Gasteiger partial charge in [-0.2, -0.15) is 4.98 Å². The molecular formula is C19H17N7O2. The number of benzene rings is 2. The molecule has 2 aromatic carbocycles. The van der Waals surface area contributed by atoms with Gasteiger partial charge in [0.1, 0.15) is 12.4 Å². The number of tetrazole rings is 1. The molecule has 0 bridgehead atoms. The summed E-state index contributed by atoms with van der Waals surface area (Å²) in [6.07, 6.45) is 3.23. The number of amides is 1. The van der Waals surface area contributed by atoms with Gasteiger partial charge in [-0.05, 0) is 21.6 Å². The summed E-state index contributed by atoms with van der Waals surface area (Å²) in [6.45, 7) is 0.388. The number of hydrogen-bond acceptors (Lipinski definition) is 7. The maximum Gasteiger partial charge on any atom is 0.245 e. The fourth-order valence-electron chi connectivity index (χ4n) is 2.83. The molecule has 0 fully saturated rings. The van der Waals surface area contributed by atoms with Crippen molar-refractivity contribution in [1.82, 2.24) is 35.7 Å². The zero-order chi connectivity index (χ0) is 19.2. The standard InChI is InChI=1S/C19H17N7O2/c27-19(17(26-12-22-24-25-26)10-14-4-2-1-3-5-14)20-11-15-6-8-16(9-7-15)18-21-13-28-23-18/h1-9,12-13,17H,10-11H2,(H,20,27). The first-order valence-corrected chi connectivity index (χ1v) is 8.69. The average molecular weight is 375 g/mol. The van der Waals surface area contributed by atoms with Gasteiger partial charge in [0.15, 0.2) is 0 Å². The molecule has 0 aliphatic carbocycles. The molecule has 0 saturated heterocycles. The highest BCUT2D eigenvalue weighted by molar-refractivity contribution is 5.80. The molecule has 0 saturated carbocycles. The van der Waals surface area contributed by atoms with Crippen molar-refractivity contribution in [3.8, 4) is 11.4 Å². The maximum absolute atomic E-state index is 12.8. The summed E-state index contributed by atoms with van der Waals surface area (Å²) in [5, 5.41) is 18.0. The number of nitrogens with one attached hydrogen (secondary N) is 1. The van der Waals surface area contributed by atoms with Crippen molar-refractivity contribution in [1.29, 1.82) is 0 Å². The smallest absolute Gasteiger partial charge is 0.245 e. The van der Waals surface area contributed by atoms with Gasteiger partial charge in [-0.25, -0.2) is 4.68 Å². The summed E-state index contributed by atoms with van der Waals surface area (Å²) in [5.41, 5.74) is 2.83. The Morgan fingerprint density at radius 3 is 2.57 bits per heavy atom. The Labute approximate surface area is 160 Å². The second kappa shape index (κ2) is 8.21. The van der Waals surface area contributed by atoms with Gasteiger partial charge in [0.25, 0.3) is 0 Å². The SMILES string of the molecule is O=C(NCc1ccc(-c2ncon2)cc1)C(Cc1ccccc1)n1cnnn1. The molecule has 140 valence electrons. The van der Waals surface area contributed by atoms with Crippen LogP contribution in [0.3, 0.4) is 0 Å². The first-order chi connectivity index (χ1) is 13.8. The van der Waals surface area contributed by atoms with E-state index in [1.165, 1.54) is 17.4 Å². The maximum atomic E-state index is 12.8. The lowest BCUT2D eigenvalue weighted by atomic mass is 10.1. The lowest BCUT2D eigenvalue weighted by molar-refractivity contribution is -0.124. The molecule has 9 heteroatoms. The van der Waals surface area contributed by atoms with E-state index in [0.29, 0.717) is 18.8 Å². The van der Waals surface area contributed by atoms with Crippen molar-refractivity contribution >= 4 is 5.91 Å². The molecule has 1 unspecified atom stereocenters. The quantitative estimate of drug-likeness (QED) is 0.524. The van der Waals surface area contributed by atoms with Crippen molar-refractivity contribution in [3.63, 3.8) is 0 Å². The van der Waals surface area contributed by atoms with Crippen LogP contribution in [0.4, 0.5) is 0 Å². The van der Waals surface area contributed by atoms with Crippen LogP contribution in [0.15, 0.2) is 71.8 Å². The first kappa shape index (κ1) is 17.5. The van der Waals surface area contributed by atoms with Crippen molar-refractivity contribution in [3.05, 3.63) is 78.4 Å². The van der Waals surface area contributed by atoms with Crippen molar-refractivity contribution in [2.75, 3.05) is 0 Å². The van der Waals surface area contributed by atoms with E-state index in [1.54, 1.807) is 0 Å². The van der Waals surface area contributed by atoms with Crippen LogP contribution in [0.25, 0.3) is 11.4 Å². The van der Waals surface area contributed by atoms with E-state index < -0.39 is 6.04 Å². The molecule has 1 N–H and O–H groups in total. The minimum atomic E-state index is -0.531. The number of nitrogens with zero attached hydrogens (tertiary/aromatic N) is 6. The number of rotatable bonds is 7. The molecule has 4 aromatic rings. The van der Waals surface area contributed by atoms with Gasteiger partial charge in [-0.3, -0.25) is 4.79 Å². The van der Waals surface area contributed by atoms with Crippen LogP contribution < -0.4 is 5.32 Å². The van der Waals surface area contributed by atoms with E-state index in [2.05, 4.69) is 31.0 Å². The van der Waals surface area contributed by atoms with Gasteiger partial charge in [0.2, 0.25) is 18.1 Å². The van der Waals surface area contributed by atoms with E-state index in [-0.39, 0.29) is 5.91 Å². The summed E-state index contributed by atoms with van der Waals surface area (Å²) in [7, 11) is 0. The Bertz CT molecular complexity index is 1000. The second-order valence-corrected chi connectivity index (χ2v) is 6.16. The van der Waals surface area contributed by atoms with Crippen LogP contribution in [0, 0.1) is 0 Å². The molecule has 1 amide bonds. The van der Waals surface area contributed by atoms with Crippen LogP contribution in [0.2, 0.25) is 0 Å². The normalized spacial score (nSPS) is 11.9. The van der Waals surface area contributed by atoms with Gasteiger partial charge in [0, 0.05) is 18.5 Å². The molecule has 4 rings (SSSR count). The third kappa shape index (κ3) is 4.09. The van der Waals surface area contributed by atoms with Gasteiger partial charge < -0.3 is 9.84 Å². The third-order valence-electron chi connectivity index (χ3n) is 4.30. The Hall–Kier alpha value is -3.88. The van der Waals surface area contributed by atoms with Crippen LogP contribution >= 0.6 is 0 Å². The summed E-state index contributed by atoms with van der Waals surface area (Å²) in [5.74, 6) is 0.371. The molecule has 9 nitrogen and oxygen atoms in total. The molecule has 1 atom stereocenters. The van der Waals surface area contributed by atoms with Crippen molar-refractivity contribution in [2.24, 2.45) is 0 Å². The monoisotopic (exact) mass is 375 g/mol. The molecule has 2 heterocycles. The van der Waals surface area contributed by atoms with E-state index in [4.69, 9.17) is 4.52 Å². The molecule has 0 aliphatic rings. The molecule has 0 aliphatic heterocycles. The second-order valence-electron chi connectivity index (χ2n) is 6.16. The summed E-state index contributed by atoms with van der Waals surface area (Å²) >= 11 is 0. The Morgan fingerprint density at radius 1 is 1.07 bits per heavy atom. The molecule has 28 heavy (non-hydrogen) atoms. The van der Waals surface area contributed by atoms with Gasteiger partial charge in [-0.1, -0.05) is 59.8 Å². The number of hydrogen-bond donors (Lipinski definition) is 1. The molecule has 0 spiro atoms. The van der Waals surface area contributed by atoms with E-state index in [1.807, 2.05) is 54.6 Å². The first-order valence-electron chi connectivity index (χ1n) is 8.69. The highest BCUT2D eigenvalue weighted by Gasteiger charge is 2.22. The van der Waals surface area contributed by atoms with Gasteiger partial charge in [-0.15, -0.1) is 5.10 Å². The molecule has 0 radical (unpaired) electrons. The van der Waals surface area contributed by atoms with Crippen LogP contribution in [0.5, 0.6) is 0 Å². The highest BCUT2D eigenvalue weighted by atomic mass is 16.5. The largest absolute Gasteiger partial charge is 0.350 e. The summed E-state index contributed by atoms with van der Waals surface area (Å²) in [4.78, 5) is 16.8. The van der Waals surface area contributed by atoms with E-state index in [0.717, 1.165) is 16.7 Å². The minimum absolute atomic E-state index is 0.154. The van der Waals surface area contributed by atoms with Crippen LogP contribution in [-0.2, 0) is 17.8 Å². The lowest BCUT2D eigenvalue weighted by Crippen LogP contribution is -2.34. The number of carbonyl (C=O) groups is 1. The van der Waals surface area contributed by atoms with Crippen LogP contribution in [-0.4, -0.2) is 36.3 Å². The fraction of sp³-hybridized carbons (Fsp3) is 0.158. The molecular weight excluding hydrogens is 358 g/mol. The predicted octanol–water partition coefficient (Wildman–Crippen LogP) is 1.82. The Balaban J connectivity index is 1.43. The molecule has 2 aromatic heterocycles. The predicted molar refractivity (Wildman–Crippen MR) is 98.6 cm³/mol. The Kier molecular flexibility index (Phi) is 5.14. The zero-order valence-corrected chi connectivity index (χ0v) is 14.8. The lowest BCUT2D eigenvalue weighted by Gasteiger charge is -2.16. The Morgan fingerprint density at radius 2 is 1.89 bits per heavy atom. The van der Waals surface area contributed by atoms with Gasteiger partial charge in [0.05, 0.1) is 0 Å². The summed E-state index contributed by atoms with van der Waals surface area (Å²) < 4.78 is 6.23. The van der Waals surface area contributed by atoms with E-state index >= 15 is 0 Å². The van der Waals surface area contributed by atoms with Crippen molar-refractivity contribution in [2.45, 2.75) is 19.0 Å². The fourth-order valence-corrected chi connectivity index (χ4v) is 2.83. The van der Waals surface area contributed by atoms with E-state index in [9.17, 15) is 4.79 Å². The minimum Gasteiger partial charge on any atom is -0.350 e. The van der Waals surface area contributed by atoms with Gasteiger partial charge >= 0.3 is 0 Å². The van der Waals surface area contributed by atoms with Crippen molar-refractivity contribution < 1.29 is 9.32 Å². The third-order valence-corrected chi connectivity index (χ3v) is 4.30. The number of carbonyl (C=O) groups excluding carboxylic acids is 1. The number of aromatic nitrogens is 6. The van der Waals surface area contributed by atoms with Crippen LogP contribution in [0.1, 0.15) is 17.2 Å². The zero-order valence-electron chi connectivity index (χ0n) is 14.8. The summed E-state index contributed by atoms with van der Waals surface area (Å²) in [6, 6.07) is 16.8. The topological polar surface area (TPSA) is 112 Å². The average Bonchev–Trinajstić information content (AvgIpc) is 3.46. The highest BCUT2D eigenvalue weighted by Crippen LogP contribution is 2.16.